The number of benzene rings is 2. The molecule has 3 aromatic rings. The average molecular weight is 465 g/mol. The van der Waals surface area contributed by atoms with Crippen LogP contribution in [0.1, 0.15) is 16.8 Å². The van der Waals surface area contributed by atoms with Crippen molar-refractivity contribution >= 4 is 41.6 Å². The molecule has 1 amide bonds. The van der Waals surface area contributed by atoms with E-state index in [0.29, 0.717) is 28.7 Å². The summed E-state index contributed by atoms with van der Waals surface area (Å²) in [5, 5.41) is 7.02. The van der Waals surface area contributed by atoms with Crippen molar-refractivity contribution in [1.82, 2.24) is 20.5 Å². The van der Waals surface area contributed by atoms with Crippen LogP contribution in [0.3, 0.4) is 0 Å². The molecule has 166 valence electrons. The number of hydrogen-bond donors (Lipinski definition) is 2. The Bertz CT molecular complexity index is 998. The van der Waals surface area contributed by atoms with Crippen LogP contribution in [0.2, 0.25) is 0 Å². The number of rotatable bonds is 6. The largest absolute Gasteiger partial charge is 0.352 e. The van der Waals surface area contributed by atoms with E-state index in [1.807, 2.05) is 30.3 Å². The van der Waals surface area contributed by atoms with E-state index in [1.54, 1.807) is 12.1 Å². The number of pyridine rings is 1. The molecular formula is C23H27Cl2FN4O. The smallest absolute Gasteiger partial charge is 0.252 e. The lowest BCUT2D eigenvalue weighted by Crippen LogP contribution is -2.44. The molecule has 8 heteroatoms. The Morgan fingerprint density at radius 1 is 1.06 bits per heavy atom. The van der Waals surface area contributed by atoms with Crippen LogP contribution >= 0.6 is 24.8 Å². The molecular weight excluding hydrogens is 438 g/mol. The number of amides is 1. The Balaban J connectivity index is 0.00000171. The summed E-state index contributed by atoms with van der Waals surface area (Å²) in [6.07, 6.45) is 0.898. The number of carbonyl (C=O) groups excluding carboxylic acids is 1. The van der Waals surface area contributed by atoms with Crippen LogP contribution in [0.15, 0.2) is 54.6 Å². The van der Waals surface area contributed by atoms with Crippen molar-refractivity contribution < 1.29 is 9.18 Å². The molecule has 0 radical (unpaired) electrons. The Labute approximate surface area is 194 Å². The predicted molar refractivity (Wildman–Crippen MR) is 128 cm³/mol. The van der Waals surface area contributed by atoms with Crippen LogP contribution in [-0.4, -0.2) is 55.1 Å². The maximum atomic E-state index is 13.8. The van der Waals surface area contributed by atoms with Crippen molar-refractivity contribution in [1.29, 1.82) is 0 Å². The fourth-order valence-corrected chi connectivity index (χ4v) is 3.68. The molecule has 0 saturated carbocycles. The fraction of sp³-hybridized carbons (Fsp3) is 0.304. The topological polar surface area (TPSA) is 57.3 Å². The molecule has 0 atom stereocenters. The van der Waals surface area contributed by atoms with Crippen molar-refractivity contribution in [2.24, 2.45) is 0 Å². The molecule has 1 saturated heterocycles. The third-order valence-electron chi connectivity index (χ3n) is 5.23. The first-order valence-electron chi connectivity index (χ1n) is 10.1. The van der Waals surface area contributed by atoms with Gasteiger partial charge in [0.1, 0.15) is 5.82 Å². The second kappa shape index (κ2) is 12.0. The Morgan fingerprint density at radius 3 is 2.55 bits per heavy atom. The monoisotopic (exact) mass is 464 g/mol. The number of hydrogen-bond acceptors (Lipinski definition) is 4. The predicted octanol–water partition coefficient (Wildman–Crippen LogP) is 3.91. The van der Waals surface area contributed by atoms with E-state index in [0.717, 1.165) is 44.7 Å². The average Bonchev–Trinajstić information content (AvgIpc) is 2.77. The van der Waals surface area contributed by atoms with Crippen LogP contribution in [0, 0.1) is 5.82 Å². The standard InChI is InChI=1S/C23H25FN4O.2ClH/c24-18-7-8-19-20(23(29)26-9-4-12-28-13-10-25-11-14-28)16-21(27-22(19)15-18)17-5-2-1-3-6-17;;/h1-3,5-8,15-16,25H,4,9-14H2,(H,26,29);2*1H. The summed E-state index contributed by atoms with van der Waals surface area (Å²) in [6.45, 7) is 5.72. The molecule has 1 aliphatic rings. The van der Waals surface area contributed by atoms with Gasteiger partial charge in [0.05, 0.1) is 16.8 Å². The van der Waals surface area contributed by atoms with Gasteiger partial charge in [-0.25, -0.2) is 9.37 Å². The van der Waals surface area contributed by atoms with Gasteiger partial charge in [-0.3, -0.25) is 4.79 Å². The molecule has 2 N–H and O–H groups in total. The van der Waals surface area contributed by atoms with E-state index in [2.05, 4.69) is 20.5 Å². The van der Waals surface area contributed by atoms with Gasteiger partial charge in [0.25, 0.3) is 5.91 Å². The zero-order valence-electron chi connectivity index (χ0n) is 17.1. The van der Waals surface area contributed by atoms with Gasteiger partial charge in [0.15, 0.2) is 0 Å². The molecule has 1 aromatic heterocycles. The molecule has 4 rings (SSSR count). The van der Waals surface area contributed by atoms with Crippen LogP contribution in [0.5, 0.6) is 0 Å². The maximum Gasteiger partial charge on any atom is 0.252 e. The van der Waals surface area contributed by atoms with E-state index >= 15 is 0 Å². The SMILES string of the molecule is Cl.Cl.O=C(NCCCN1CCNCC1)c1cc(-c2ccccc2)nc2cc(F)ccc12. The molecule has 31 heavy (non-hydrogen) atoms. The summed E-state index contributed by atoms with van der Waals surface area (Å²) in [7, 11) is 0. The summed E-state index contributed by atoms with van der Waals surface area (Å²) < 4.78 is 13.8. The Hall–Kier alpha value is -2.25. The highest BCUT2D eigenvalue weighted by atomic mass is 35.5. The van der Waals surface area contributed by atoms with Gasteiger partial charge in [-0.1, -0.05) is 30.3 Å². The van der Waals surface area contributed by atoms with E-state index < -0.39 is 0 Å². The molecule has 0 bridgehead atoms. The van der Waals surface area contributed by atoms with Crippen LogP contribution in [0.25, 0.3) is 22.2 Å². The maximum absolute atomic E-state index is 13.8. The highest BCUT2D eigenvalue weighted by Gasteiger charge is 2.15. The lowest BCUT2D eigenvalue weighted by Gasteiger charge is -2.27. The molecule has 1 fully saturated rings. The molecule has 2 aromatic carbocycles. The minimum Gasteiger partial charge on any atom is -0.352 e. The summed E-state index contributed by atoms with van der Waals surface area (Å²) in [5.74, 6) is -0.515. The zero-order valence-corrected chi connectivity index (χ0v) is 18.8. The second-order valence-corrected chi connectivity index (χ2v) is 7.28. The van der Waals surface area contributed by atoms with E-state index in [4.69, 9.17) is 0 Å². The van der Waals surface area contributed by atoms with Gasteiger partial charge < -0.3 is 15.5 Å². The molecule has 1 aliphatic heterocycles. The van der Waals surface area contributed by atoms with Crippen LogP contribution in [0.4, 0.5) is 4.39 Å². The van der Waals surface area contributed by atoms with Gasteiger partial charge >= 0.3 is 0 Å². The van der Waals surface area contributed by atoms with Crippen molar-refractivity contribution in [2.45, 2.75) is 6.42 Å². The molecule has 2 heterocycles. The normalized spacial score (nSPS) is 13.8. The van der Waals surface area contributed by atoms with Crippen molar-refractivity contribution in [3.05, 3.63) is 66.0 Å². The first-order chi connectivity index (χ1) is 14.2. The molecule has 0 aliphatic carbocycles. The highest BCUT2D eigenvalue weighted by molar-refractivity contribution is 6.07. The van der Waals surface area contributed by atoms with Crippen molar-refractivity contribution in [2.75, 3.05) is 39.3 Å². The van der Waals surface area contributed by atoms with Gasteiger partial charge in [-0.2, -0.15) is 0 Å². The van der Waals surface area contributed by atoms with Crippen LogP contribution < -0.4 is 10.6 Å². The first-order valence-corrected chi connectivity index (χ1v) is 10.1. The highest BCUT2D eigenvalue weighted by Crippen LogP contribution is 2.25. The first kappa shape index (κ1) is 25.0. The Kier molecular flexibility index (Phi) is 9.65. The molecule has 0 unspecified atom stereocenters. The van der Waals surface area contributed by atoms with Crippen molar-refractivity contribution in [3.63, 3.8) is 0 Å². The lowest BCUT2D eigenvalue weighted by molar-refractivity contribution is 0.0953. The minimum atomic E-state index is -0.363. The van der Waals surface area contributed by atoms with Crippen LogP contribution in [-0.2, 0) is 0 Å². The Morgan fingerprint density at radius 2 is 1.81 bits per heavy atom. The third kappa shape index (κ3) is 6.37. The number of halogens is 3. The minimum absolute atomic E-state index is 0. The van der Waals surface area contributed by atoms with Crippen molar-refractivity contribution in [3.8, 4) is 11.3 Å². The van der Waals surface area contributed by atoms with E-state index in [9.17, 15) is 9.18 Å². The molecule has 5 nitrogen and oxygen atoms in total. The van der Waals surface area contributed by atoms with Gasteiger partial charge in [-0.05, 0) is 31.2 Å². The zero-order chi connectivity index (χ0) is 20.1. The van der Waals surface area contributed by atoms with Gasteiger partial charge in [-0.15, -0.1) is 24.8 Å². The van der Waals surface area contributed by atoms with E-state index in [1.165, 1.54) is 12.1 Å². The summed E-state index contributed by atoms with van der Waals surface area (Å²) in [4.78, 5) is 19.9. The van der Waals surface area contributed by atoms with E-state index in [-0.39, 0.29) is 36.5 Å². The quantitative estimate of drug-likeness (QED) is 0.543. The number of nitrogens with zero attached hydrogens (tertiary/aromatic N) is 2. The summed E-state index contributed by atoms with van der Waals surface area (Å²) in [5.41, 5.74) is 2.56. The number of nitrogens with one attached hydrogen (secondary N) is 2. The molecule has 0 spiro atoms. The lowest BCUT2D eigenvalue weighted by atomic mass is 10.0. The number of fused-ring (bicyclic) bond motifs is 1. The third-order valence-corrected chi connectivity index (χ3v) is 5.23. The number of piperazine rings is 1. The summed E-state index contributed by atoms with van der Waals surface area (Å²) in [6, 6.07) is 15.8. The number of carbonyl (C=O) groups is 1. The number of aromatic nitrogens is 1. The summed E-state index contributed by atoms with van der Waals surface area (Å²) >= 11 is 0. The van der Waals surface area contributed by atoms with Gasteiger partial charge in [0, 0.05) is 49.7 Å². The second-order valence-electron chi connectivity index (χ2n) is 7.28. The van der Waals surface area contributed by atoms with Gasteiger partial charge in [0.2, 0.25) is 0 Å². The fourth-order valence-electron chi connectivity index (χ4n) is 3.68.